The minimum absolute atomic E-state index is 0.00465. The number of carbonyl (C=O) groups is 1. The van der Waals surface area contributed by atoms with Crippen molar-refractivity contribution in [3.63, 3.8) is 0 Å². The van der Waals surface area contributed by atoms with Gasteiger partial charge in [-0.15, -0.1) is 0 Å². The number of nitro benzene ring substituents is 1. The van der Waals surface area contributed by atoms with Crippen LogP contribution >= 0.6 is 0 Å². The molecular weight excluding hydrogens is 324 g/mol. The fourth-order valence-corrected chi connectivity index (χ4v) is 2.12. The molecule has 0 aliphatic heterocycles. The fraction of sp³-hybridized carbons (Fsp3) is 0.235. The molecule has 0 fully saturated rings. The van der Waals surface area contributed by atoms with E-state index in [4.69, 9.17) is 0 Å². The van der Waals surface area contributed by atoms with E-state index in [1.54, 1.807) is 12.1 Å². The second kappa shape index (κ2) is 8.53. The van der Waals surface area contributed by atoms with Gasteiger partial charge in [0.25, 0.3) is 5.69 Å². The lowest BCUT2D eigenvalue weighted by Crippen LogP contribution is -2.25. The average Bonchev–Trinajstić information content (AvgIpc) is 2.60. The van der Waals surface area contributed by atoms with Gasteiger partial charge in [0.1, 0.15) is 0 Å². The van der Waals surface area contributed by atoms with E-state index in [1.165, 1.54) is 24.3 Å². The predicted octanol–water partition coefficient (Wildman–Crippen LogP) is 2.98. The van der Waals surface area contributed by atoms with Gasteiger partial charge in [0.2, 0.25) is 0 Å². The lowest BCUT2D eigenvalue weighted by molar-refractivity contribution is -0.384. The first-order valence-electron chi connectivity index (χ1n) is 7.63. The van der Waals surface area contributed by atoms with Crippen molar-refractivity contribution >= 4 is 28.7 Å². The van der Waals surface area contributed by atoms with Gasteiger partial charge in [0.15, 0.2) is 0 Å². The number of nitrogens with zero attached hydrogens (tertiary/aromatic N) is 4. The Labute approximate surface area is 144 Å². The first-order chi connectivity index (χ1) is 12.0. The second-order valence-electron chi connectivity index (χ2n) is 5.39. The molecule has 0 saturated carbocycles. The number of carbonyl (C=O) groups excluding carboxylic acids is 1. The maximum absolute atomic E-state index is 10.6. The van der Waals surface area contributed by atoms with E-state index in [0.29, 0.717) is 24.3 Å². The van der Waals surface area contributed by atoms with Crippen molar-refractivity contribution in [1.29, 1.82) is 0 Å². The summed E-state index contributed by atoms with van der Waals surface area (Å²) in [4.78, 5) is 22.5. The highest BCUT2D eigenvalue weighted by Gasteiger charge is 2.03. The van der Waals surface area contributed by atoms with Crippen molar-refractivity contribution in [1.82, 2.24) is 0 Å². The summed E-state index contributed by atoms with van der Waals surface area (Å²) in [5.74, 6) is -1.05. The zero-order valence-electron chi connectivity index (χ0n) is 13.7. The minimum Gasteiger partial charge on any atom is -0.550 e. The van der Waals surface area contributed by atoms with Crippen LogP contribution in [0.15, 0.2) is 58.8 Å². The number of non-ortho nitro benzene ring substituents is 1. The van der Waals surface area contributed by atoms with E-state index in [9.17, 15) is 20.0 Å². The first-order valence-corrected chi connectivity index (χ1v) is 7.63. The number of nitro groups is 1. The first kappa shape index (κ1) is 18.1. The molecular formula is C17H17N4O4-. The van der Waals surface area contributed by atoms with Gasteiger partial charge in [-0.3, -0.25) is 10.1 Å². The van der Waals surface area contributed by atoms with Gasteiger partial charge < -0.3 is 14.8 Å². The summed E-state index contributed by atoms with van der Waals surface area (Å²) in [6.45, 7) is 0.609. The molecule has 0 spiro atoms. The van der Waals surface area contributed by atoms with Gasteiger partial charge in [0.05, 0.1) is 16.3 Å². The Balaban J connectivity index is 1.95. The zero-order valence-corrected chi connectivity index (χ0v) is 13.7. The summed E-state index contributed by atoms with van der Waals surface area (Å²) in [6, 6.07) is 13.1. The lowest BCUT2D eigenvalue weighted by atomic mass is 10.2. The van der Waals surface area contributed by atoms with Gasteiger partial charge in [-0.25, -0.2) is 0 Å². The summed E-state index contributed by atoms with van der Waals surface area (Å²) in [6.07, 6.45) is 0.548. The van der Waals surface area contributed by atoms with Crippen LogP contribution in [-0.2, 0) is 4.79 Å². The van der Waals surface area contributed by atoms with Crippen LogP contribution in [0.1, 0.15) is 12.8 Å². The maximum atomic E-state index is 10.6. The third kappa shape index (κ3) is 5.69. The summed E-state index contributed by atoms with van der Waals surface area (Å²) >= 11 is 0. The number of aliphatic carboxylic acids is 1. The molecule has 130 valence electrons. The van der Waals surface area contributed by atoms with Crippen LogP contribution in [0.5, 0.6) is 0 Å². The number of hydrogen-bond donors (Lipinski definition) is 0. The normalized spacial score (nSPS) is 10.8. The van der Waals surface area contributed by atoms with Crippen LogP contribution in [0.4, 0.5) is 22.7 Å². The number of carboxylic acid groups (broad SMARTS) is 1. The molecule has 0 N–H and O–H groups in total. The van der Waals surface area contributed by atoms with E-state index in [-0.39, 0.29) is 12.1 Å². The summed E-state index contributed by atoms with van der Waals surface area (Å²) < 4.78 is 0. The molecule has 2 rings (SSSR count). The van der Waals surface area contributed by atoms with Gasteiger partial charge >= 0.3 is 0 Å². The molecule has 0 amide bonds. The van der Waals surface area contributed by atoms with Gasteiger partial charge in [-0.1, -0.05) is 0 Å². The summed E-state index contributed by atoms with van der Waals surface area (Å²) in [5, 5.41) is 29.1. The van der Waals surface area contributed by atoms with Gasteiger partial charge in [-0.2, -0.15) is 10.2 Å². The monoisotopic (exact) mass is 341 g/mol. The molecule has 8 nitrogen and oxygen atoms in total. The molecule has 0 aliphatic carbocycles. The Kier molecular flexibility index (Phi) is 6.16. The summed E-state index contributed by atoms with van der Waals surface area (Å²) in [5.41, 5.74) is 2.11. The highest BCUT2D eigenvalue weighted by molar-refractivity contribution is 5.64. The molecule has 2 aromatic carbocycles. The van der Waals surface area contributed by atoms with E-state index in [1.807, 2.05) is 24.1 Å². The molecule has 0 atom stereocenters. The molecule has 0 heterocycles. The minimum atomic E-state index is -1.05. The molecule has 2 aromatic rings. The van der Waals surface area contributed by atoms with E-state index < -0.39 is 10.9 Å². The number of azo groups is 1. The van der Waals surface area contributed by atoms with Crippen molar-refractivity contribution < 1.29 is 14.8 Å². The Morgan fingerprint density at radius 2 is 1.56 bits per heavy atom. The number of hydrogen-bond acceptors (Lipinski definition) is 7. The maximum Gasteiger partial charge on any atom is 0.269 e. The summed E-state index contributed by atoms with van der Waals surface area (Å²) in [7, 11) is 1.88. The SMILES string of the molecule is CN(CCCC(=O)[O-])c1ccc(N=Nc2ccc([N+](=O)[O-])cc2)cc1. The third-order valence-corrected chi connectivity index (χ3v) is 3.51. The van der Waals surface area contributed by atoms with Crippen LogP contribution in [0, 0.1) is 10.1 Å². The smallest absolute Gasteiger partial charge is 0.269 e. The van der Waals surface area contributed by atoms with Crippen molar-refractivity contribution in [2.45, 2.75) is 12.8 Å². The third-order valence-electron chi connectivity index (χ3n) is 3.51. The molecule has 0 aromatic heterocycles. The van der Waals surface area contributed by atoms with E-state index in [2.05, 4.69) is 10.2 Å². The molecule has 8 heteroatoms. The highest BCUT2D eigenvalue weighted by atomic mass is 16.6. The zero-order chi connectivity index (χ0) is 18.2. The molecule has 0 aliphatic rings. The topological polar surface area (TPSA) is 111 Å². The Morgan fingerprint density at radius 3 is 2.04 bits per heavy atom. The Hall–Kier alpha value is -3.29. The molecule has 0 radical (unpaired) electrons. The van der Waals surface area contributed by atoms with Gasteiger partial charge in [-0.05, 0) is 49.2 Å². The van der Waals surface area contributed by atoms with E-state index >= 15 is 0 Å². The quantitative estimate of drug-likeness (QED) is 0.416. The second-order valence-corrected chi connectivity index (χ2v) is 5.39. The Morgan fingerprint density at radius 1 is 1.04 bits per heavy atom. The van der Waals surface area contributed by atoms with Crippen molar-refractivity contribution in [3.8, 4) is 0 Å². The van der Waals surface area contributed by atoms with Crippen molar-refractivity contribution in [3.05, 3.63) is 58.6 Å². The van der Waals surface area contributed by atoms with Crippen LogP contribution in [0.3, 0.4) is 0 Å². The van der Waals surface area contributed by atoms with Gasteiger partial charge in [0, 0.05) is 37.4 Å². The molecule has 0 saturated heterocycles. The van der Waals surface area contributed by atoms with Crippen molar-refractivity contribution in [2.24, 2.45) is 10.2 Å². The van der Waals surface area contributed by atoms with E-state index in [0.717, 1.165) is 5.69 Å². The number of anilines is 1. The fourth-order valence-electron chi connectivity index (χ4n) is 2.12. The average molecular weight is 341 g/mol. The van der Waals surface area contributed by atoms with Crippen LogP contribution in [0.2, 0.25) is 0 Å². The molecule has 0 unspecified atom stereocenters. The Bertz CT molecular complexity index is 757. The van der Waals surface area contributed by atoms with Crippen LogP contribution in [-0.4, -0.2) is 24.5 Å². The largest absolute Gasteiger partial charge is 0.550 e. The molecule has 0 bridgehead atoms. The lowest BCUT2D eigenvalue weighted by Gasteiger charge is -2.19. The standard InChI is InChI=1S/C17H18N4O4/c1-20(12-2-3-17(22)23)15-8-4-13(5-9-15)18-19-14-6-10-16(11-7-14)21(24)25/h4-11H,2-3,12H2,1H3,(H,22,23)/p-1. The number of carboxylic acids is 1. The number of benzene rings is 2. The molecule has 25 heavy (non-hydrogen) atoms. The number of rotatable bonds is 8. The highest BCUT2D eigenvalue weighted by Crippen LogP contribution is 2.23. The van der Waals surface area contributed by atoms with Crippen LogP contribution < -0.4 is 10.0 Å². The van der Waals surface area contributed by atoms with Crippen molar-refractivity contribution in [2.75, 3.05) is 18.5 Å². The predicted molar refractivity (Wildman–Crippen MR) is 91.2 cm³/mol. The van der Waals surface area contributed by atoms with Crippen LogP contribution in [0.25, 0.3) is 0 Å².